The zero-order valence-corrected chi connectivity index (χ0v) is 7.01. The first-order valence-electron chi connectivity index (χ1n) is 4.49. The minimum atomic E-state index is -0.196. The molecule has 2 heteroatoms. The molecule has 0 atom stereocenters. The summed E-state index contributed by atoms with van der Waals surface area (Å²) in [6, 6.07) is 0. The van der Waals surface area contributed by atoms with E-state index in [1.165, 1.54) is 19.3 Å². The lowest BCUT2D eigenvalue weighted by Gasteiger charge is -2.07. The molecule has 0 radical (unpaired) electrons. The minimum absolute atomic E-state index is 0.196. The monoisotopic (exact) mass is 164 g/mol. The van der Waals surface area contributed by atoms with Crippen LogP contribution in [0.4, 0.5) is 0 Å². The Balaban J connectivity index is 2.21. The van der Waals surface area contributed by atoms with Crippen molar-refractivity contribution in [2.75, 3.05) is 0 Å². The van der Waals surface area contributed by atoms with E-state index >= 15 is 0 Å². The topological polar surface area (TPSA) is 26.3 Å². The van der Waals surface area contributed by atoms with E-state index in [9.17, 15) is 4.79 Å². The zero-order valence-electron chi connectivity index (χ0n) is 7.01. The van der Waals surface area contributed by atoms with Gasteiger partial charge in [-0.15, -0.1) is 0 Å². The predicted octanol–water partition coefficient (Wildman–Crippen LogP) is 2.32. The number of fused-ring (bicyclic) bond motifs is 1. The number of ether oxygens (including phenoxy) is 1. The molecule has 0 saturated carbocycles. The molecule has 0 amide bonds. The fraction of sp³-hybridized carbons (Fsp3) is 0.500. The fourth-order valence-electron chi connectivity index (χ4n) is 1.65. The van der Waals surface area contributed by atoms with Crippen LogP contribution in [0.5, 0.6) is 0 Å². The minimum Gasteiger partial charge on any atom is -0.423 e. The molecule has 64 valence electrons. The first-order chi connectivity index (χ1) is 5.86. The fourth-order valence-corrected chi connectivity index (χ4v) is 1.65. The highest BCUT2D eigenvalue weighted by atomic mass is 16.5. The van der Waals surface area contributed by atoms with Gasteiger partial charge in [-0.25, -0.2) is 4.79 Å². The maximum absolute atomic E-state index is 10.9. The van der Waals surface area contributed by atoms with Gasteiger partial charge in [0, 0.05) is 11.6 Å². The summed E-state index contributed by atoms with van der Waals surface area (Å²) in [5.74, 6) is 0.623. The first kappa shape index (κ1) is 7.59. The van der Waals surface area contributed by atoms with Gasteiger partial charge in [0.05, 0.1) is 0 Å². The summed E-state index contributed by atoms with van der Waals surface area (Å²) in [4.78, 5) is 10.9. The van der Waals surface area contributed by atoms with E-state index in [-0.39, 0.29) is 5.97 Å². The van der Waals surface area contributed by atoms with Gasteiger partial charge in [0.15, 0.2) is 0 Å². The number of carbonyl (C=O) groups is 1. The largest absolute Gasteiger partial charge is 0.423 e. The molecule has 0 saturated heterocycles. The van der Waals surface area contributed by atoms with Crippen LogP contribution in [0.1, 0.15) is 32.1 Å². The lowest BCUT2D eigenvalue weighted by Crippen LogP contribution is -1.93. The molecular formula is C10H12O2. The molecule has 0 aromatic carbocycles. The van der Waals surface area contributed by atoms with Crippen molar-refractivity contribution in [1.29, 1.82) is 0 Å². The highest BCUT2D eigenvalue weighted by molar-refractivity contribution is 5.88. The lowest BCUT2D eigenvalue weighted by molar-refractivity contribution is -0.132. The molecule has 0 aromatic rings. The van der Waals surface area contributed by atoms with E-state index in [0.29, 0.717) is 0 Å². The Morgan fingerprint density at radius 3 is 3.08 bits per heavy atom. The standard InChI is InChI=1S/C10H12O2/c11-10-7-8-5-3-1-2-4-6-9(8)12-10/h6-7H,1-5H2/b9-6+. The van der Waals surface area contributed by atoms with Crippen LogP contribution in [0, 0.1) is 0 Å². The lowest BCUT2D eigenvalue weighted by atomic mass is 10.0. The van der Waals surface area contributed by atoms with Crippen molar-refractivity contribution in [1.82, 2.24) is 0 Å². The molecule has 0 bridgehead atoms. The smallest absolute Gasteiger partial charge is 0.336 e. The SMILES string of the molecule is O=C1C=C2CCCCC/C=C\2O1. The molecule has 1 heterocycles. The third-order valence-corrected chi connectivity index (χ3v) is 2.30. The van der Waals surface area contributed by atoms with Crippen LogP contribution >= 0.6 is 0 Å². The van der Waals surface area contributed by atoms with Gasteiger partial charge < -0.3 is 4.74 Å². The molecule has 0 unspecified atom stereocenters. The first-order valence-corrected chi connectivity index (χ1v) is 4.49. The Morgan fingerprint density at radius 2 is 2.17 bits per heavy atom. The summed E-state index contributed by atoms with van der Waals surface area (Å²) in [6.07, 6.45) is 9.36. The predicted molar refractivity (Wildman–Crippen MR) is 45.3 cm³/mol. The molecule has 0 fully saturated rings. The Morgan fingerprint density at radius 1 is 1.25 bits per heavy atom. The highest BCUT2D eigenvalue weighted by Crippen LogP contribution is 2.27. The van der Waals surface area contributed by atoms with Crippen molar-refractivity contribution in [3.05, 3.63) is 23.5 Å². The van der Waals surface area contributed by atoms with Crippen LogP contribution in [-0.4, -0.2) is 5.97 Å². The second kappa shape index (κ2) is 3.13. The van der Waals surface area contributed by atoms with E-state index in [2.05, 4.69) is 0 Å². The van der Waals surface area contributed by atoms with E-state index < -0.39 is 0 Å². The number of hydrogen-bond acceptors (Lipinski definition) is 2. The maximum Gasteiger partial charge on any atom is 0.336 e. The summed E-state index contributed by atoms with van der Waals surface area (Å²) in [7, 11) is 0. The van der Waals surface area contributed by atoms with Gasteiger partial charge in [-0.1, -0.05) is 6.42 Å². The molecular weight excluding hydrogens is 152 g/mol. The van der Waals surface area contributed by atoms with Crippen molar-refractivity contribution in [3.63, 3.8) is 0 Å². The van der Waals surface area contributed by atoms with Crippen LogP contribution in [-0.2, 0) is 9.53 Å². The van der Waals surface area contributed by atoms with Crippen molar-refractivity contribution in [3.8, 4) is 0 Å². The summed E-state index contributed by atoms with van der Waals surface area (Å²) in [5, 5.41) is 0. The Hall–Kier alpha value is -1.05. The number of rotatable bonds is 0. The number of carbonyl (C=O) groups excluding carboxylic acids is 1. The van der Waals surface area contributed by atoms with Gasteiger partial charge in [-0.2, -0.15) is 0 Å². The second-order valence-electron chi connectivity index (χ2n) is 3.26. The summed E-state index contributed by atoms with van der Waals surface area (Å²) in [5.41, 5.74) is 1.10. The Bertz CT molecular complexity index is 261. The maximum atomic E-state index is 10.9. The van der Waals surface area contributed by atoms with E-state index in [1.54, 1.807) is 6.08 Å². The normalized spacial score (nSPS) is 27.5. The molecule has 0 spiro atoms. The van der Waals surface area contributed by atoms with E-state index in [1.807, 2.05) is 6.08 Å². The summed E-state index contributed by atoms with van der Waals surface area (Å²) >= 11 is 0. The van der Waals surface area contributed by atoms with Crippen molar-refractivity contribution in [2.45, 2.75) is 32.1 Å². The number of hydrogen-bond donors (Lipinski definition) is 0. The van der Waals surface area contributed by atoms with E-state index in [0.717, 1.165) is 24.2 Å². The summed E-state index contributed by atoms with van der Waals surface area (Å²) < 4.78 is 5.03. The second-order valence-corrected chi connectivity index (χ2v) is 3.26. The van der Waals surface area contributed by atoms with Crippen LogP contribution in [0.3, 0.4) is 0 Å². The molecule has 1 aliphatic heterocycles. The van der Waals surface area contributed by atoms with Crippen LogP contribution in [0.25, 0.3) is 0 Å². The van der Waals surface area contributed by atoms with Gasteiger partial charge >= 0.3 is 5.97 Å². The van der Waals surface area contributed by atoms with Crippen molar-refractivity contribution < 1.29 is 9.53 Å². The number of allylic oxidation sites excluding steroid dienone is 2. The molecule has 0 N–H and O–H groups in total. The van der Waals surface area contributed by atoms with Crippen molar-refractivity contribution in [2.24, 2.45) is 0 Å². The molecule has 12 heavy (non-hydrogen) atoms. The van der Waals surface area contributed by atoms with Gasteiger partial charge in [-0.3, -0.25) is 0 Å². The third-order valence-electron chi connectivity index (χ3n) is 2.30. The van der Waals surface area contributed by atoms with Crippen LogP contribution in [0.15, 0.2) is 23.5 Å². The zero-order chi connectivity index (χ0) is 8.39. The molecule has 2 nitrogen and oxygen atoms in total. The number of esters is 1. The van der Waals surface area contributed by atoms with Gasteiger partial charge in [0.25, 0.3) is 0 Å². The average molecular weight is 164 g/mol. The van der Waals surface area contributed by atoms with Gasteiger partial charge in [0.1, 0.15) is 5.76 Å². The highest BCUT2D eigenvalue weighted by Gasteiger charge is 2.19. The molecule has 0 aromatic heterocycles. The molecule has 2 rings (SSSR count). The van der Waals surface area contributed by atoms with Crippen LogP contribution in [0.2, 0.25) is 0 Å². The summed E-state index contributed by atoms with van der Waals surface area (Å²) in [6.45, 7) is 0. The molecule has 1 aliphatic carbocycles. The third kappa shape index (κ3) is 1.42. The average Bonchev–Trinajstić information content (AvgIpc) is 2.32. The quantitative estimate of drug-likeness (QED) is 0.513. The Kier molecular flexibility index (Phi) is 1.98. The molecule has 2 aliphatic rings. The van der Waals surface area contributed by atoms with E-state index in [4.69, 9.17) is 4.74 Å². The van der Waals surface area contributed by atoms with Crippen molar-refractivity contribution >= 4 is 5.97 Å². The van der Waals surface area contributed by atoms with Crippen LogP contribution < -0.4 is 0 Å². The van der Waals surface area contributed by atoms with Gasteiger partial charge in [0.2, 0.25) is 0 Å². The van der Waals surface area contributed by atoms with Gasteiger partial charge in [-0.05, 0) is 31.8 Å². The Labute approximate surface area is 71.9 Å².